The molecule has 0 aromatic carbocycles. The van der Waals surface area contributed by atoms with Crippen LogP contribution in [0.25, 0.3) is 0 Å². The van der Waals surface area contributed by atoms with Crippen LogP contribution >= 0.6 is 0 Å². The van der Waals surface area contributed by atoms with E-state index in [4.69, 9.17) is 4.74 Å². The van der Waals surface area contributed by atoms with E-state index >= 15 is 0 Å². The van der Waals surface area contributed by atoms with Gasteiger partial charge in [-0.3, -0.25) is 0 Å². The molecule has 1 N–H and O–H groups in total. The second kappa shape index (κ2) is 9.16. The first-order valence-electron chi connectivity index (χ1n) is 5.74. The zero-order valence-corrected chi connectivity index (χ0v) is 10.2. The summed E-state index contributed by atoms with van der Waals surface area (Å²) >= 11 is 0. The fourth-order valence-corrected chi connectivity index (χ4v) is 1.29. The Morgan fingerprint density at radius 1 is 1.50 bits per heavy atom. The molecule has 0 unspecified atom stereocenters. The lowest BCUT2D eigenvalue weighted by atomic mass is 10.0. The number of rotatable bonds is 8. The maximum atomic E-state index is 11.0. The maximum absolute atomic E-state index is 11.0. The molecule has 0 aliphatic carbocycles. The Balaban J connectivity index is 3.76. The first-order chi connectivity index (χ1) is 7.60. The normalized spacial score (nSPS) is 14.7. The van der Waals surface area contributed by atoms with Gasteiger partial charge in [0.25, 0.3) is 0 Å². The summed E-state index contributed by atoms with van der Waals surface area (Å²) < 4.78 is 4.77. The zero-order chi connectivity index (χ0) is 12.4. The minimum atomic E-state index is -0.323. The molecule has 3 nitrogen and oxygen atoms in total. The predicted octanol–water partition coefficient (Wildman–Crippen LogP) is 2.46. The number of allylic oxidation sites excluding steroid dienone is 1. The molecular formula is C13H22O3. The second-order valence-electron chi connectivity index (χ2n) is 3.84. The van der Waals surface area contributed by atoms with Crippen molar-refractivity contribution < 1.29 is 14.6 Å². The molecule has 0 radical (unpaired) electrons. The SMILES string of the molecule is C=CC[C@H](O)CC[C@H](C)/C=C/C(=O)OCC. The third kappa shape index (κ3) is 8.24. The van der Waals surface area contributed by atoms with Gasteiger partial charge >= 0.3 is 5.97 Å². The van der Waals surface area contributed by atoms with E-state index in [2.05, 4.69) is 6.58 Å². The fourth-order valence-electron chi connectivity index (χ4n) is 1.29. The standard InChI is InChI=1S/C13H22O3/c1-4-6-12(14)9-7-11(3)8-10-13(15)16-5-2/h4,8,10-12,14H,1,5-7,9H2,2-3H3/b10-8+/t11-,12-/m0/s1. The van der Waals surface area contributed by atoms with Crippen LogP contribution in [0.2, 0.25) is 0 Å². The van der Waals surface area contributed by atoms with Gasteiger partial charge < -0.3 is 9.84 Å². The van der Waals surface area contributed by atoms with Crippen molar-refractivity contribution in [2.24, 2.45) is 5.92 Å². The minimum Gasteiger partial charge on any atom is -0.463 e. The molecule has 0 spiro atoms. The molecule has 3 heteroatoms. The number of carbonyl (C=O) groups excluding carboxylic acids is 1. The number of aliphatic hydroxyl groups excluding tert-OH is 1. The first kappa shape index (κ1) is 14.9. The molecule has 0 heterocycles. The molecule has 2 atom stereocenters. The third-order valence-electron chi connectivity index (χ3n) is 2.24. The fraction of sp³-hybridized carbons (Fsp3) is 0.615. The van der Waals surface area contributed by atoms with E-state index in [-0.39, 0.29) is 18.0 Å². The Kier molecular flexibility index (Phi) is 8.53. The van der Waals surface area contributed by atoms with E-state index < -0.39 is 0 Å². The van der Waals surface area contributed by atoms with Crippen LogP contribution in [0.5, 0.6) is 0 Å². The Labute approximate surface area is 97.8 Å². The molecule has 92 valence electrons. The molecule has 0 aliphatic heterocycles. The van der Waals surface area contributed by atoms with Crippen molar-refractivity contribution >= 4 is 5.97 Å². The van der Waals surface area contributed by atoms with Gasteiger partial charge in [0.1, 0.15) is 0 Å². The Morgan fingerprint density at radius 3 is 2.75 bits per heavy atom. The van der Waals surface area contributed by atoms with Crippen LogP contribution in [-0.4, -0.2) is 23.8 Å². The smallest absolute Gasteiger partial charge is 0.330 e. The molecule has 0 amide bonds. The number of esters is 1. The van der Waals surface area contributed by atoms with E-state index in [0.717, 1.165) is 12.8 Å². The average Bonchev–Trinajstić information content (AvgIpc) is 2.24. The Hall–Kier alpha value is -1.09. The largest absolute Gasteiger partial charge is 0.463 e. The van der Waals surface area contributed by atoms with Gasteiger partial charge in [0.05, 0.1) is 12.7 Å². The van der Waals surface area contributed by atoms with Crippen molar-refractivity contribution in [2.45, 2.75) is 39.2 Å². The van der Waals surface area contributed by atoms with Crippen molar-refractivity contribution in [1.82, 2.24) is 0 Å². The summed E-state index contributed by atoms with van der Waals surface area (Å²) in [5, 5.41) is 9.47. The summed E-state index contributed by atoms with van der Waals surface area (Å²) in [7, 11) is 0. The van der Waals surface area contributed by atoms with Gasteiger partial charge in [0, 0.05) is 6.08 Å². The molecule has 0 fully saturated rings. The summed E-state index contributed by atoms with van der Waals surface area (Å²) in [6.07, 6.45) is 6.85. The van der Waals surface area contributed by atoms with Crippen molar-refractivity contribution in [1.29, 1.82) is 0 Å². The van der Waals surface area contributed by atoms with Gasteiger partial charge in [-0.1, -0.05) is 19.1 Å². The van der Waals surface area contributed by atoms with Crippen molar-refractivity contribution in [3.05, 3.63) is 24.8 Å². The number of aliphatic hydroxyl groups is 1. The maximum Gasteiger partial charge on any atom is 0.330 e. The second-order valence-corrected chi connectivity index (χ2v) is 3.84. The van der Waals surface area contributed by atoms with Crippen LogP contribution in [0.1, 0.15) is 33.1 Å². The highest BCUT2D eigenvalue weighted by molar-refractivity contribution is 5.81. The molecule has 0 bridgehead atoms. The molecule has 0 aromatic rings. The van der Waals surface area contributed by atoms with Crippen molar-refractivity contribution in [3.63, 3.8) is 0 Å². The highest BCUT2D eigenvalue weighted by atomic mass is 16.5. The van der Waals surface area contributed by atoms with E-state index in [9.17, 15) is 9.90 Å². The van der Waals surface area contributed by atoms with Gasteiger partial charge in [-0.2, -0.15) is 0 Å². The van der Waals surface area contributed by atoms with E-state index in [0.29, 0.717) is 13.0 Å². The van der Waals surface area contributed by atoms with Gasteiger partial charge in [0.2, 0.25) is 0 Å². The van der Waals surface area contributed by atoms with Crippen molar-refractivity contribution in [2.75, 3.05) is 6.61 Å². The molecule has 16 heavy (non-hydrogen) atoms. The summed E-state index contributed by atoms with van der Waals surface area (Å²) in [5.41, 5.74) is 0. The monoisotopic (exact) mass is 226 g/mol. The lowest BCUT2D eigenvalue weighted by Gasteiger charge is -2.10. The lowest BCUT2D eigenvalue weighted by molar-refractivity contribution is -0.137. The summed E-state index contributed by atoms with van der Waals surface area (Å²) in [4.78, 5) is 11.0. The molecule has 0 aromatic heterocycles. The highest BCUT2D eigenvalue weighted by Crippen LogP contribution is 2.11. The highest BCUT2D eigenvalue weighted by Gasteiger charge is 2.05. The van der Waals surface area contributed by atoms with Gasteiger partial charge in [-0.25, -0.2) is 4.79 Å². The average molecular weight is 226 g/mol. The minimum absolute atomic E-state index is 0.267. The Morgan fingerprint density at radius 2 is 2.19 bits per heavy atom. The first-order valence-corrected chi connectivity index (χ1v) is 5.74. The van der Waals surface area contributed by atoms with Crippen LogP contribution in [0.3, 0.4) is 0 Å². The topological polar surface area (TPSA) is 46.5 Å². The van der Waals surface area contributed by atoms with Crippen molar-refractivity contribution in [3.8, 4) is 0 Å². The number of hydrogen-bond acceptors (Lipinski definition) is 3. The lowest BCUT2D eigenvalue weighted by Crippen LogP contribution is -2.07. The van der Waals surface area contributed by atoms with Crippen LogP contribution in [0.15, 0.2) is 24.8 Å². The van der Waals surface area contributed by atoms with Crippen LogP contribution in [0, 0.1) is 5.92 Å². The van der Waals surface area contributed by atoms with E-state index in [1.807, 2.05) is 13.0 Å². The van der Waals surface area contributed by atoms with Crippen LogP contribution in [-0.2, 0) is 9.53 Å². The third-order valence-corrected chi connectivity index (χ3v) is 2.24. The van der Waals surface area contributed by atoms with E-state index in [1.165, 1.54) is 6.08 Å². The molecular weight excluding hydrogens is 204 g/mol. The number of carbonyl (C=O) groups is 1. The summed E-state index contributed by atoms with van der Waals surface area (Å²) in [6, 6.07) is 0. The number of ether oxygens (including phenoxy) is 1. The van der Waals surface area contributed by atoms with Gasteiger partial charge in [-0.15, -0.1) is 6.58 Å². The predicted molar refractivity (Wildman–Crippen MR) is 65.0 cm³/mol. The van der Waals surface area contributed by atoms with Crippen LogP contribution in [0.4, 0.5) is 0 Å². The summed E-state index contributed by atoms with van der Waals surface area (Å²) in [5.74, 6) is -0.0372. The molecule has 0 saturated heterocycles. The quantitative estimate of drug-likeness (QED) is 0.393. The summed E-state index contributed by atoms with van der Waals surface area (Å²) in [6.45, 7) is 7.76. The molecule has 0 rings (SSSR count). The van der Waals surface area contributed by atoms with Gasteiger partial charge in [-0.05, 0) is 32.1 Å². The number of hydrogen-bond donors (Lipinski definition) is 1. The van der Waals surface area contributed by atoms with Gasteiger partial charge in [0.15, 0.2) is 0 Å². The molecule has 0 saturated carbocycles. The van der Waals surface area contributed by atoms with Crippen LogP contribution < -0.4 is 0 Å². The Bertz CT molecular complexity index is 233. The zero-order valence-electron chi connectivity index (χ0n) is 10.2. The molecule has 0 aliphatic rings. The van der Waals surface area contributed by atoms with E-state index in [1.54, 1.807) is 13.0 Å².